The Labute approximate surface area is 84.6 Å². The molecule has 2 nitrogen and oxygen atoms in total. The van der Waals surface area contributed by atoms with E-state index in [2.05, 4.69) is 26.8 Å². The minimum atomic E-state index is -0.899. The average Bonchev–Trinajstić information content (AvgIpc) is 2.02. The monoisotopic (exact) mass is 191 g/mol. The van der Waals surface area contributed by atoms with Crippen molar-refractivity contribution in [1.29, 1.82) is 0 Å². The van der Waals surface area contributed by atoms with E-state index in [1.165, 1.54) is 6.07 Å². The minimum absolute atomic E-state index is 0.210. The van der Waals surface area contributed by atoms with E-state index in [4.69, 9.17) is 5.11 Å². The zero-order valence-electron chi connectivity index (χ0n) is 8.79. The van der Waals surface area contributed by atoms with Crippen molar-refractivity contribution in [2.24, 2.45) is 5.41 Å². The van der Waals surface area contributed by atoms with E-state index in [1.54, 1.807) is 6.07 Å². The van der Waals surface area contributed by atoms with Gasteiger partial charge in [-0.1, -0.05) is 26.8 Å². The average molecular weight is 191 g/mol. The van der Waals surface area contributed by atoms with Crippen LogP contribution in [0.5, 0.6) is 0 Å². The van der Waals surface area contributed by atoms with Gasteiger partial charge in [-0.2, -0.15) is 0 Å². The van der Waals surface area contributed by atoms with Crippen molar-refractivity contribution in [3.8, 4) is 0 Å². The highest BCUT2D eigenvalue weighted by Gasteiger charge is 2.11. The van der Waals surface area contributed by atoms with Gasteiger partial charge in [0.15, 0.2) is 0 Å². The Bertz CT molecular complexity index is 317. The summed E-state index contributed by atoms with van der Waals surface area (Å²) in [4.78, 5) is 10.6. The van der Waals surface area contributed by atoms with Crippen LogP contribution < -0.4 is 0 Å². The van der Waals surface area contributed by atoms with Crippen molar-refractivity contribution in [2.45, 2.75) is 27.2 Å². The van der Waals surface area contributed by atoms with Crippen LogP contribution in [0.15, 0.2) is 18.2 Å². The molecule has 75 valence electrons. The predicted octanol–water partition coefficient (Wildman–Crippen LogP) is 2.77. The first kappa shape index (κ1) is 10.8. The summed E-state index contributed by atoms with van der Waals surface area (Å²) in [6, 6.07) is 7.98. The van der Waals surface area contributed by atoms with Gasteiger partial charge in [-0.25, -0.2) is 4.79 Å². The molecule has 0 aromatic heterocycles. The van der Waals surface area contributed by atoms with Crippen molar-refractivity contribution in [3.05, 3.63) is 35.4 Å². The molecule has 0 aliphatic heterocycles. The van der Waals surface area contributed by atoms with Crippen LogP contribution in [0, 0.1) is 11.5 Å². The molecule has 1 radical (unpaired) electrons. The number of carboxylic acid groups (broad SMARTS) is 1. The van der Waals surface area contributed by atoms with E-state index >= 15 is 0 Å². The van der Waals surface area contributed by atoms with Crippen molar-refractivity contribution in [1.82, 2.24) is 0 Å². The predicted molar refractivity (Wildman–Crippen MR) is 55.4 cm³/mol. The quantitative estimate of drug-likeness (QED) is 0.780. The van der Waals surface area contributed by atoms with Gasteiger partial charge >= 0.3 is 5.97 Å². The highest BCUT2D eigenvalue weighted by molar-refractivity contribution is 5.87. The van der Waals surface area contributed by atoms with Gasteiger partial charge in [-0.15, -0.1) is 0 Å². The van der Waals surface area contributed by atoms with E-state index in [0.29, 0.717) is 5.56 Å². The van der Waals surface area contributed by atoms with Crippen LogP contribution in [0.3, 0.4) is 0 Å². The number of hydrogen-bond acceptors (Lipinski definition) is 1. The van der Waals surface area contributed by atoms with Gasteiger partial charge < -0.3 is 5.11 Å². The maximum Gasteiger partial charge on any atom is 0.335 e. The maximum atomic E-state index is 10.6. The van der Waals surface area contributed by atoms with Crippen molar-refractivity contribution < 1.29 is 9.90 Å². The Hall–Kier alpha value is -1.31. The van der Waals surface area contributed by atoms with Crippen LogP contribution in [-0.2, 0) is 6.42 Å². The first-order valence-electron chi connectivity index (χ1n) is 4.62. The lowest BCUT2D eigenvalue weighted by molar-refractivity contribution is 0.0697. The van der Waals surface area contributed by atoms with Crippen LogP contribution in [0.2, 0.25) is 0 Å². The zero-order chi connectivity index (χ0) is 10.8. The maximum absolute atomic E-state index is 10.6. The highest BCUT2D eigenvalue weighted by atomic mass is 16.4. The molecule has 1 aromatic rings. The molecule has 0 aliphatic carbocycles. The largest absolute Gasteiger partial charge is 0.478 e. The van der Waals surface area contributed by atoms with Crippen LogP contribution in [0.1, 0.15) is 36.7 Å². The topological polar surface area (TPSA) is 37.3 Å². The summed E-state index contributed by atoms with van der Waals surface area (Å²) in [5.74, 6) is -0.899. The number of aromatic carboxylic acids is 1. The van der Waals surface area contributed by atoms with Crippen molar-refractivity contribution in [3.63, 3.8) is 0 Å². The molecular formula is C12H15O2. The molecule has 0 unspecified atom stereocenters. The highest BCUT2D eigenvalue weighted by Crippen LogP contribution is 2.20. The lowest BCUT2D eigenvalue weighted by Crippen LogP contribution is -2.09. The molecule has 2 heteroatoms. The molecule has 1 N–H and O–H groups in total. The molecule has 0 aliphatic rings. The molecule has 0 saturated carbocycles. The van der Waals surface area contributed by atoms with E-state index in [1.807, 2.05) is 6.07 Å². The molecule has 1 aromatic carbocycles. The van der Waals surface area contributed by atoms with Gasteiger partial charge in [0, 0.05) is 0 Å². The Balaban J connectivity index is 2.79. The molecule has 0 heterocycles. The summed E-state index contributed by atoms with van der Waals surface area (Å²) in [6.07, 6.45) is 0.910. The third kappa shape index (κ3) is 3.21. The molecule has 0 spiro atoms. The number of hydrogen-bond donors (Lipinski definition) is 1. The molecule has 0 atom stereocenters. The van der Waals surface area contributed by atoms with E-state index in [0.717, 1.165) is 12.0 Å². The lowest BCUT2D eigenvalue weighted by atomic mass is 9.88. The van der Waals surface area contributed by atoms with E-state index in [9.17, 15) is 4.79 Å². The molecule has 0 bridgehead atoms. The Morgan fingerprint density at radius 3 is 2.43 bits per heavy atom. The van der Waals surface area contributed by atoms with Crippen LogP contribution >= 0.6 is 0 Å². The van der Waals surface area contributed by atoms with Crippen LogP contribution in [-0.4, -0.2) is 11.1 Å². The summed E-state index contributed by atoms with van der Waals surface area (Å²) in [5, 5.41) is 8.69. The van der Waals surface area contributed by atoms with Crippen LogP contribution in [0.25, 0.3) is 0 Å². The molecule has 14 heavy (non-hydrogen) atoms. The summed E-state index contributed by atoms with van der Waals surface area (Å²) in [7, 11) is 0. The third-order valence-corrected chi connectivity index (χ3v) is 1.84. The molecule has 0 amide bonds. The van der Waals surface area contributed by atoms with Gasteiger partial charge in [-0.05, 0) is 35.6 Å². The zero-order valence-corrected chi connectivity index (χ0v) is 8.79. The summed E-state index contributed by atoms with van der Waals surface area (Å²) >= 11 is 0. The molecule has 1 rings (SSSR count). The third-order valence-electron chi connectivity index (χ3n) is 1.84. The van der Waals surface area contributed by atoms with Crippen LogP contribution in [0.4, 0.5) is 0 Å². The lowest BCUT2D eigenvalue weighted by Gasteiger charge is -2.17. The second kappa shape index (κ2) is 3.82. The molecule has 0 fully saturated rings. The number of carbonyl (C=O) groups is 1. The number of benzene rings is 1. The van der Waals surface area contributed by atoms with Gasteiger partial charge in [-0.3, -0.25) is 0 Å². The van der Waals surface area contributed by atoms with E-state index in [-0.39, 0.29) is 5.41 Å². The fourth-order valence-corrected chi connectivity index (χ4v) is 1.27. The van der Waals surface area contributed by atoms with E-state index < -0.39 is 5.97 Å². The Morgan fingerprint density at radius 1 is 1.43 bits per heavy atom. The molecule has 0 saturated heterocycles. The van der Waals surface area contributed by atoms with Gasteiger partial charge in [0.05, 0.1) is 5.56 Å². The smallest absolute Gasteiger partial charge is 0.335 e. The normalized spacial score (nSPS) is 11.4. The van der Waals surface area contributed by atoms with Gasteiger partial charge in [0.25, 0.3) is 0 Å². The Morgan fingerprint density at radius 2 is 2.07 bits per heavy atom. The summed E-state index contributed by atoms with van der Waals surface area (Å²) in [6.45, 7) is 6.43. The summed E-state index contributed by atoms with van der Waals surface area (Å²) < 4.78 is 0. The standard InChI is InChI=1S/C12H15O2/c1-12(2,3)8-9-4-6-10(7-5-9)11(13)14/h4,6-7H,8H2,1-3H3,(H,13,14). The van der Waals surface area contributed by atoms with Crippen molar-refractivity contribution in [2.75, 3.05) is 0 Å². The minimum Gasteiger partial charge on any atom is -0.478 e. The number of carboxylic acids is 1. The number of rotatable bonds is 2. The molecular weight excluding hydrogens is 176 g/mol. The first-order chi connectivity index (χ1) is 6.38. The summed E-state index contributed by atoms with van der Waals surface area (Å²) in [5.41, 5.74) is 1.56. The first-order valence-corrected chi connectivity index (χ1v) is 4.62. The second-order valence-electron chi connectivity index (χ2n) is 4.65. The fraction of sp³-hybridized carbons (Fsp3) is 0.417. The van der Waals surface area contributed by atoms with Crippen molar-refractivity contribution >= 4 is 5.97 Å². The Kier molecular flexibility index (Phi) is 2.94. The fourth-order valence-electron chi connectivity index (χ4n) is 1.27. The second-order valence-corrected chi connectivity index (χ2v) is 4.65. The van der Waals surface area contributed by atoms with Gasteiger partial charge in [0.2, 0.25) is 0 Å². The SMILES string of the molecule is CC(C)(C)Cc1[c]cc(C(=O)O)cc1. The van der Waals surface area contributed by atoms with Gasteiger partial charge in [0.1, 0.15) is 0 Å².